The number of carboxylic acid groups (broad SMARTS) is 1. The molecule has 0 aliphatic heterocycles. The molecule has 0 bridgehead atoms. The highest BCUT2D eigenvalue weighted by atomic mass is 16.4. The van der Waals surface area contributed by atoms with Crippen LogP contribution in [0.5, 0.6) is 0 Å². The fourth-order valence-corrected chi connectivity index (χ4v) is 2.51. The van der Waals surface area contributed by atoms with Crippen LogP contribution in [0.15, 0.2) is 0 Å². The molecular weight excluding hydrogens is 248 g/mol. The summed E-state index contributed by atoms with van der Waals surface area (Å²) in [4.78, 5) is 34.7. The Hall–Kier alpha value is -1.59. The number of likely N-dealkylation sites (N-methyl/N-ethyl adjacent to an activating group) is 1. The molecule has 0 aromatic heterocycles. The number of carboxylic acids is 1. The lowest BCUT2D eigenvalue weighted by atomic mass is 9.82. The van der Waals surface area contributed by atoms with Crippen LogP contribution < -0.4 is 10.6 Å². The van der Waals surface area contributed by atoms with Gasteiger partial charge in [0.2, 0.25) is 11.8 Å². The monoisotopic (exact) mass is 270 g/mol. The Morgan fingerprint density at radius 2 is 1.84 bits per heavy atom. The van der Waals surface area contributed by atoms with Crippen LogP contribution in [0.1, 0.15) is 46.0 Å². The minimum absolute atomic E-state index is 0.0495. The first-order valence-corrected chi connectivity index (χ1v) is 6.72. The molecule has 1 unspecified atom stereocenters. The van der Waals surface area contributed by atoms with E-state index in [-0.39, 0.29) is 18.2 Å². The van der Waals surface area contributed by atoms with Crippen molar-refractivity contribution in [2.75, 3.05) is 6.54 Å². The van der Waals surface area contributed by atoms with Crippen molar-refractivity contribution in [2.45, 2.75) is 52.0 Å². The highest BCUT2D eigenvalue weighted by Crippen LogP contribution is 2.41. The number of carbonyl (C=O) groups is 3. The van der Waals surface area contributed by atoms with E-state index < -0.39 is 17.4 Å². The zero-order valence-electron chi connectivity index (χ0n) is 11.5. The van der Waals surface area contributed by atoms with Gasteiger partial charge in [0.15, 0.2) is 0 Å². The highest BCUT2D eigenvalue weighted by Gasteiger charge is 2.43. The number of carbonyl (C=O) groups excluding carboxylic acids is 2. The summed E-state index contributed by atoms with van der Waals surface area (Å²) in [7, 11) is 0. The first-order chi connectivity index (χ1) is 8.91. The summed E-state index contributed by atoms with van der Waals surface area (Å²) in [6, 6.07) is -0.639. The summed E-state index contributed by atoms with van der Waals surface area (Å²) < 4.78 is 0. The third kappa shape index (κ3) is 3.94. The average molecular weight is 270 g/mol. The Kier molecular flexibility index (Phi) is 5.32. The second-order valence-electron chi connectivity index (χ2n) is 5.15. The Labute approximate surface area is 112 Å². The molecular formula is C13H22N2O4. The van der Waals surface area contributed by atoms with Crippen molar-refractivity contribution in [3.63, 3.8) is 0 Å². The fourth-order valence-electron chi connectivity index (χ4n) is 2.51. The molecule has 1 atom stereocenters. The van der Waals surface area contributed by atoms with Crippen LogP contribution in [-0.4, -0.2) is 35.5 Å². The van der Waals surface area contributed by atoms with Crippen molar-refractivity contribution >= 4 is 17.8 Å². The van der Waals surface area contributed by atoms with Gasteiger partial charge in [-0.1, -0.05) is 12.8 Å². The zero-order chi connectivity index (χ0) is 14.5. The molecule has 108 valence electrons. The summed E-state index contributed by atoms with van der Waals surface area (Å²) in [5, 5.41) is 14.4. The summed E-state index contributed by atoms with van der Waals surface area (Å²) in [5.41, 5.74) is -0.939. The minimum Gasteiger partial charge on any atom is -0.481 e. The number of amides is 2. The maximum absolute atomic E-state index is 11.9. The molecule has 0 heterocycles. The molecule has 1 aliphatic carbocycles. The summed E-state index contributed by atoms with van der Waals surface area (Å²) in [6.07, 6.45) is 2.69. The first-order valence-electron chi connectivity index (χ1n) is 6.72. The normalized spacial score (nSPS) is 18.6. The van der Waals surface area contributed by atoms with Gasteiger partial charge in [-0.25, -0.2) is 0 Å². The van der Waals surface area contributed by atoms with Crippen molar-refractivity contribution in [2.24, 2.45) is 5.41 Å². The van der Waals surface area contributed by atoms with E-state index in [9.17, 15) is 19.5 Å². The van der Waals surface area contributed by atoms with E-state index in [1.54, 1.807) is 13.8 Å². The largest absolute Gasteiger partial charge is 0.481 e. The highest BCUT2D eigenvalue weighted by molar-refractivity contribution is 5.89. The average Bonchev–Trinajstić information content (AvgIpc) is 2.78. The molecule has 1 rings (SSSR count). The molecule has 0 radical (unpaired) electrons. The van der Waals surface area contributed by atoms with Crippen LogP contribution in [-0.2, 0) is 14.4 Å². The molecule has 3 N–H and O–H groups in total. The predicted octanol–water partition coefficient (Wildman–Crippen LogP) is 0.662. The SMILES string of the molecule is CCNC(=O)C(C)NC(=O)CC1(C(=O)O)CCCC1. The van der Waals surface area contributed by atoms with E-state index in [0.717, 1.165) is 12.8 Å². The standard InChI is InChI=1S/C13H22N2O4/c1-3-14-11(17)9(2)15-10(16)8-13(12(18)19)6-4-5-7-13/h9H,3-8H2,1-2H3,(H,14,17)(H,15,16)(H,18,19). The molecule has 1 aliphatic rings. The Morgan fingerprint density at radius 1 is 1.26 bits per heavy atom. The molecule has 19 heavy (non-hydrogen) atoms. The van der Waals surface area contributed by atoms with Gasteiger partial charge in [0.25, 0.3) is 0 Å². The maximum Gasteiger partial charge on any atom is 0.310 e. The van der Waals surface area contributed by atoms with Crippen molar-refractivity contribution in [1.29, 1.82) is 0 Å². The van der Waals surface area contributed by atoms with Gasteiger partial charge in [0.05, 0.1) is 5.41 Å². The number of hydrogen-bond donors (Lipinski definition) is 3. The van der Waals surface area contributed by atoms with Gasteiger partial charge < -0.3 is 15.7 Å². The van der Waals surface area contributed by atoms with Gasteiger partial charge in [-0.05, 0) is 26.7 Å². The van der Waals surface area contributed by atoms with Crippen LogP contribution >= 0.6 is 0 Å². The van der Waals surface area contributed by atoms with Crippen LogP contribution in [0.4, 0.5) is 0 Å². The Balaban J connectivity index is 2.54. The van der Waals surface area contributed by atoms with Gasteiger partial charge in [-0.15, -0.1) is 0 Å². The molecule has 1 saturated carbocycles. The van der Waals surface area contributed by atoms with Crippen molar-refractivity contribution < 1.29 is 19.5 Å². The summed E-state index contributed by atoms with van der Waals surface area (Å²) in [6.45, 7) is 3.88. The van der Waals surface area contributed by atoms with Crippen LogP contribution in [0.3, 0.4) is 0 Å². The maximum atomic E-state index is 11.9. The van der Waals surface area contributed by atoms with Crippen LogP contribution in [0.25, 0.3) is 0 Å². The second kappa shape index (κ2) is 6.54. The fraction of sp³-hybridized carbons (Fsp3) is 0.769. The van der Waals surface area contributed by atoms with Crippen LogP contribution in [0, 0.1) is 5.41 Å². The minimum atomic E-state index is -0.939. The molecule has 0 saturated heterocycles. The van der Waals surface area contributed by atoms with Crippen molar-refractivity contribution in [3.05, 3.63) is 0 Å². The molecule has 6 nitrogen and oxygen atoms in total. The van der Waals surface area contributed by atoms with Gasteiger partial charge in [-0.3, -0.25) is 14.4 Å². The summed E-state index contributed by atoms with van der Waals surface area (Å²) in [5.74, 6) is -1.54. The van der Waals surface area contributed by atoms with Crippen molar-refractivity contribution in [3.8, 4) is 0 Å². The lowest BCUT2D eigenvalue weighted by Crippen LogP contribution is -2.46. The second-order valence-corrected chi connectivity index (χ2v) is 5.15. The first kappa shape index (κ1) is 15.5. The predicted molar refractivity (Wildman–Crippen MR) is 69.4 cm³/mol. The quantitative estimate of drug-likeness (QED) is 0.660. The van der Waals surface area contributed by atoms with Crippen molar-refractivity contribution in [1.82, 2.24) is 10.6 Å². The van der Waals surface area contributed by atoms with Gasteiger partial charge >= 0.3 is 5.97 Å². The van der Waals surface area contributed by atoms with E-state index in [1.165, 1.54) is 0 Å². The summed E-state index contributed by atoms with van der Waals surface area (Å²) >= 11 is 0. The molecule has 0 aromatic carbocycles. The van der Waals surface area contributed by atoms with E-state index >= 15 is 0 Å². The lowest BCUT2D eigenvalue weighted by Gasteiger charge is -2.24. The van der Waals surface area contributed by atoms with E-state index in [4.69, 9.17) is 0 Å². The molecule has 1 fully saturated rings. The van der Waals surface area contributed by atoms with E-state index in [1.807, 2.05) is 0 Å². The number of hydrogen-bond acceptors (Lipinski definition) is 3. The zero-order valence-corrected chi connectivity index (χ0v) is 11.5. The topological polar surface area (TPSA) is 95.5 Å². The molecule has 6 heteroatoms. The number of nitrogens with one attached hydrogen (secondary N) is 2. The third-order valence-electron chi connectivity index (χ3n) is 3.64. The van der Waals surface area contributed by atoms with Gasteiger partial charge in [-0.2, -0.15) is 0 Å². The third-order valence-corrected chi connectivity index (χ3v) is 3.64. The van der Waals surface area contributed by atoms with E-state index in [0.29, 0.717) is 19.4 Å². The molecule has 2 amide bonds. The Morgan fingerprint density at radius 3 is 2.32 bits per heavy atom. The lowest BCUT2D eigenvalue weighted by molar-refractivity contribution is -0.151. The van der Waals surface area contributed by atoms with Gasteiger partial charge in [0, 0.05) is 13.0 Å². The smallest absolute Gasteiger partial charge is 0.310 e. The van der Waals surface area contributed by atoms with Gasteiger partial charge in [0.1, 0.15) is 6.04 Å². The number of aliphatic carboxylic acids is 1. The van der Waals surface area contributed by atoms with Crippen LogP contribution in [0.2, 0.25) is 0 Å². The number of rotatable bonds is 6. The molecule has 0 spiro atoms. The van der Waals surface area contributed by atoms with E-state index in [2.05, 4.69) is 10.6 Å². The Bertz CT molecular complexity index is 362. The molecule has 0 aromatic rings.